The average Bonchev–Trinajstić information content (AvgIpc) is 2.64. The first-order chi connectivity index (χ1) is 9.15. The Morgan fingerprint density at radius 3 is 3.16 bits per heavy atom. The van der Waals surface area contributed by atoms with Gasteiger partial charge >= 0.3 is 0 Å². The molecule has 0 saturated carbocycles. The molecule has 0 spiro atoms. The first-order valence-electron chi connectivity index (χ1n) is 6.43. The fourth-order valence-electron chi connectivity index (χ4n) is 2.78. The molecule has 1 fully saturated rings. The summed E-state index contributed by atoms with van der Waals surface area (Å²) in [6.07, 6.45) is 2.93. The van der Waals surface area contributed by atoms with Crippen molar-refractivity contribution in [2.45, 2.75) is 25.9 Å². The second kappa shape index (κ2) is 4.23. The Kier molecular flexibility index (Phi) is 2.66. The molecular weight excluding hydrogens is 240 g/mol. The van der Waals surface area contributed by atoms with E-state index in [0.29, 0.717) is 18.7 Å². The van der Waals surface area contributed by atoms with Crippen LogP contribution in [0.3, 0.4) is 0 Å². The highest BCUT2D eigenvalue weighted by Gasteiger charge is 2.52. The molecule has 0 radical (unpaired) electrons. The van der Waals surface area contributed by atoms with Gasteiger partial charge in [0.15, 0.2) is 0 Å². The van der Waals surface area contributed by atoms with Gasteiger partial charge in [0.25, 0.3) is 0 Å². The number of allylic oxidation sites excluding steroid dienone is 1. The van der Waals surface area contributed by atoms with E-state index in [1.165, 1.54) is 0 Å². The van der Waals surface area contributed by atoms with Crippen LogP contribution in [0.25, 0.3) is 0 Å². The SMILES string of the molecule is C=CC[C@]12C[C@H](C)OC1=Nc1ccccc1NC2=O. The number of carbonyl (C=O) groups is 1. The van der Waals surface area contributed by atoms with Gasteiger partial charge < -0.3 is 10.1 Å². The molecule has 0 aliphatic carbocycles. The summed E-state index contributed by atoms with van der Waals surface area (Å²) in [6, 6.07) is 7.50. The summed E-state index contributed by atoms with van der Waals surface area (Å²) in [7, 11) is 0. The van der Waals surface area contributed by atoms with E-state index in [-0.39, 0.29) is 12.0 Å². The van der Waals surface area contributed by atoms with Crippen LogP contribution < -0.4 is 5.32 Å². The molecule has 1 aromatic carbocycles. The third-order valence-corrected chi connectivity index (χ3v) is 3.66. The van der Waals surface area contributed by atoms with Crippen LogP contribution in [0.2, 0.25) is 0 Å². The number of amides is 1. The maximum absolute atomic E-state index is 12.6. The van der Waals surface area contributed by atoms with Crippen molar-refractivity contribution in [3.63, 3.8) is 0 Å². The maximum Gasteiger partial charge on any atom is 0.240 e. The molecule has 4 nitrogen and oxygen atoms in total. The van der Waals surface area contributed by atoms with Crippen LogP contribution in [0.5, 0.6) is 0 Å². The molecule has 4 heteroatoms. The van der Waals surface area contributed by atoms with Gasteiger partial charge in [0.05, 0.1) is 17.5 Å². The number of para-hydroxylation sites is 2. The lowest BCUT2D eigenvalue weighted by molar-refractivity contribution is -0.122. The normalized spacial score (nSPS) is 28.4. The van der Waals surface area contributed by atoms with Gasteiger partial charge in [0, 0.05) is 6.42 Å². The monoisotopic (exact) mass is 256 g/mol. The van der Waals surface area contributed by atoms with E-state index in [2.05, 4.69) is 16.9 Å². The quantitative estimate of drug-likeness (QED) is 0.827. The van der Waals surface area contributed by atoms with E-state index < -0.39 is 5.41 Å². The molecular formula is C15H16N2O2. The average molecular weight is 256 g/mol. The largest absolute Gasteiger partial charge is 0.477 e. The molecule has 2 heterocycles. The Morgan fingerprint density at radius 2 is 2.37 bits per heavy atom. The van der Waals surface area contributed by atoms with Gasteiger partial charge in [-0.05, 0) is 25.5 Å². The summed E-state index contributed by atoms with van der Waals surface area (Å²) in [5.41, 5.74) is 0.764. The zero-order chi connectivity index (χ0) is 13.5. The summed E-state index contributed by atoms with van der Waals surface area (Å²) in [6.45, 7) is 5.72. The minimum Gasteiger partial charge on any atom is -0.477 e. The number of nitrogens with zero attached hydrogens (tertiary/aromatic N) is 1. The van der Waals surface area contributed by atoms with Crippen molar-refractivity contribution in [3.8, 4) is 0 Å². The Bertz CT molecular complexity index is 579. The topological polar surface area (TPSA) is 50.7 Å². The standard InChI is InChI=1S/C15H16N2O2/c1-3-8-15-9-10(2)19-14(15)17-12-7-5-4-6-11(12)16-13(15)18/h3-7,10H,1,8-9H2,2H3,(H,16,18)/t10-,15+/m0/s1. The van der Waals surface area contributed by atoms with Gasteiger partial charge in [-0.2, -0.15) is 0 Å². The van der Waals surface area contributed by atoms with Crippen molar-refractivity contribution in [3.05, 3.63) is 36.9 Å². The number of carbonyl (C=O) groups excluding carboxylic acids is 1. The van der Waals surface area contributed by atoms with E-state index in [1.807, 2.05) is 31.2 Å². The van der Waals surface area contributed by atoms with Crippen LogP contribution in [-0.4, -0.2) is 17.9 Å². The minimum absolute atomic E-state index is 0.00490. The first kappa shape index (κ1) is 12.0. The van der Waals surface area contributed by atoms with Crippen LogP contribution in [0.4, 0.5) is 11.4 Å². The van der Waals surface area contributed by atoms with Crippen LogP contribution in [0.1, 0.15) is 19.8 Å². The van der Waals surface area contributed by atoms with Crippen molar-refractivity contribution >= 4 is 23.2 Å². The zero-order valence-corrected chi connectivity index (χ0v) is 10.8. The molecule has 0 bridgehead atoms. The highest BCUT2D eigenvalue weighted by molar-refractivity contribution is 6.15. The van der Waals surface area contributed by atoms with Crippen LogP contribution in [-0.2, 0) is 9.53 Å². The second-order valence-electron chi connectivity index (χ2n) is 5.10. The zero-order valence-electron chi connectivity index (χ0n) is 10.8. The Balaban J connectivity index is 2.15. The minimum atomic E-state index is -0.708. The molecule has 2 atom stereocenters. The summed E-state index contributed by atoms with van der Waals surface area (Å²) in [5, 5.41) is 2.96. The van der Waals surface area contributed by atoms with E-state index in [4.69, 9.17) is 4.74 Å². The number of fused-ring (bicyclic) bond motifs is 2. The second-order valence-corrected chi connectivity index (χ2v) is 5.10. The van der Waals surface area contributed by atoms with Crippen LogP contribution >= 0.6 is 0 Å². The molecule has 3 rings (SSSR count). The molecule has 2 aliphatic rings. The number of nitrogens with one attached hydrogen (secondary N) is 1. The lowest BCUT2D eigenvalue weighted by Crippen LogP contribution is -2.39. The highest BCUT2D eigenvalue weighted by Crippen LogP contribution is 2.44. The van der Waals surface area contributed by atoms with Crippen molar-refractivity contribution in [2.24, 2.45) is 10.4 Å². The fraction of sp³-hybridized carbons (Fsp3) is 0.333. The van der Waals surface area contributed by atoms with Gasteiger partial charge in [-0.1, -0.05) is 18.2 Å². The summed E-state index contributed by atoms with van der Waals surface area (Å²) in [5.74, 6) is 0.461. The molecule has 1 aromatic rings. The van der Waals surface area contributed by atoms with Gasteiger partial charge in [0.1, 0.15) is 5.41 Å². The maximum atomic E-state index is 12.6. The van der Waals surface area contributed by atoms with E-state index >= 15 is 0 Å². The molecule has 1 N–H and O–H groups in total. The first-order valence-corrected chi connectivity index (χ1v) is 6.43. The van der Waals surface area contributed by atoms with Crippen molar-refractivity contribution < 1.29 is 9.53 Å². The summed E-state index contributed by atoms with van der Waals surface area (Å²) in [4.78, 5) is 17.2. The lowest BCUT2D eigenvalue weighted by atomic mass is 9.80. The van der Waals surface area contributed by atoms with Gasteiger partial charge in [-0.15, -0.1) is 6.58 Å². The Labute approximate surface area is 112 Å². The third-order valence-electron chi connectivity index (χ3n) is 3.66. The molecule has 2 aliphatic heterocycles. The van der Waals surface area contributed by atoms with Crippen molar-refractivity contribution in [1.29, 1.82) is 0 Å². The lowest BCUT2D eigenvalue weighted by Gasteiger charge is -2.22. The number of ether oxygens (including phenoxy) is 1. The number of rotatable bonds is 2. The predicted octanol–water partition coefficient (Wildman–Crippen LogP) is 3.04. The molecule has 98 valence electrons. The van der Waals surface area contributed by atoms with Crippen molar-refractivity contribution in [1.82, 2.24) is 0 Å². The van der Waals surface area contributed by atoms with Crippen LogP contribution in [0.15, 0.2) is 41.9 Å². The molecule has 0 unspecified atom stereocenters. The highest BCUT2D eigenvalue weighted by atomic mass is 16.5. The molecule has 1 amide bonds. The van der Waals surface area contributed by atoms with Crippen molar-refractivity contribution in [2.75, 3.05) is 5.32 Å². The fourth-order valence-corrected chi connectivity index (χ4v) is 2.78. The number of hydrogen-bond acceptors (Lipinski definition) is 3. The number of anilines is 1. The summed E-state index contributed by atoms with van der Waals surface area (Å²) >= 11 is 0. The molecule has 19 heavy (non-hydrogen) atoms. The molecule has 1 saturated heterocycles. The Morgan fingerprint density at radius 1 is 1.58 bits per heavy atom. The van der Waals surface area contributed by atoms with Gasteiger partial charge in [-0.25, -0.2) is 4.99 Å². The summed E-state index contributed by atoms with van der Waals surface area (Å²) < 4.78 is 5.77. The number of benzene rings is 1. The third kappa shape index (κ3) is 1.75. The van der Waals surface area contributed by atoms with Gasteiger partial charge in [-0.3, -0.25) is 4.79 Å². The predicted molar refractivity (Wildman–Crippen MR) is 74.6 cm³/mol. The van der Waals surface area contributed by atoms with E-state index in [0.717, 1.165) is 11.4 Å². The number of aliphatic imine (C=N–C) groups is 1. The molecule has 0 aromatic heterocycles. The van der Waals surface area contributed by atoms with E-state index in [9.17, 15) is 4.79 Å². The smallest absolute Gasteiger partial charge is 0.240 e. The van der Waals surface area contributed by atoms with E-state index in [1.54, 1.807) is 6.08 Å². The number of hydrogen-bond donors (Lipinski definition) is 1. The van der Waals surface area contributed by atoms with Crippen LogP contribution in [0, 0.1) is 5.41 Å². The van der Waals surface area contributed by atoms with Gasteiger partial charge in [0.2, 0.25) is 11.8 Å². The Hall–Kier alpha value is -2.10.